The molecule has 0 aromatic heterocycles. The average Bonchev–Trinajstić information content (AvgIpc) is 2.60. The predicted molar refractivity (Wildman–Crippen MR) is 95.1 cm³/mol. The quantitative estimate of drug-likeness (QED) is 0.778. The third-order valence-corrected chi connectivity index (χ3v) is 8.16. The van der Waals surface area contributed by atoms with Crippen molar-refractivity contribution >= 4 is 15.9 Å². The zero-order valence-corrected chi connectivity index (χ0v) is 15.8. The molecule has 3 aliphatic rings. The fraction of sp³-hybridized carbons (Fsp3) is 0.944. The molecule has 5 nitrogen and oxygen atoms in total. The molecule has 2 saturated heterocycles. The van der Waals surface area contributed by atoms with Gasteiger partial charge in [0.15, 0.2) is 0 Å². The van der Waals surface area contributed by atoms with Gasteiger partial charge in [-0.3, -0.25) is 4.79 Å². The van der Waals surface area contributed by atoms with Crippen LogP contribution in [0.5, 0.6) is 0 Å². The maximum absolute atomic E-state index is 13.3. The predicted octanol–water partition coefficient (Wildman–Crippen LogP) is 2.76. The number of fused-ring (bicyclic) bond motifs is 1. The smallest absolute Gasteiger partial charge is 0.241 e. The number of nitrogens with zero attached hydrogens (tertiary/aromatic N) is 2. The van der Waals surface area contributed by atoms with Crippen molar-refractivity contribution in [3.8, 4) is 0 Å². The Labute approximate surface area is 146 Å². The number of rotatable bonds is 4. The van der Waals surface area contributed by atoms with Crippen LogP contribution in [-0.2, 0) is 14.8 Å². The number of piperidine rings is 2. The summed E-state index contributed by atoms with van der Waals surface area (Å²) < 4.78 is 26.8. The second-order valence-electron chi connectivity index (χ2n) is 7.72. The fourth-order valence-electron chi connectivity index (χ4n) is 4.95. The van der Waals surface area contributed by atoms with Crippen molar-refractivity contribution in [3.05, 3.63) is 0 Å². The molecular formula is C18H32N2O3S. The van der Waals surface area contributed by atoms with Crippen LogP contribution in [0.15, 0.2) is 0 Å². The molecule has 0 aromatic carbocycles. The summed E-state index contributed by atoms with van der Waals surface area (Å²) in [6.07, 6.45) is 10.2. The molecular weight excluding hydrogens is 324 g/mol. The number of carbonyl (C=O) groups is 1. The van der Waals surface area contributed by atoms with Crippen LogP contribution < -0.4 is 0 Å². The molecule has 6 heteroatoms. The summed E-state index contributed by atoms with van der Waals surface area (Å²) in [5.41, 5.74) is 0. The molecule has 0 bridgehead atoms. The second kappa shape index (κ2) is 7.73. The summed E-state index contributed by atoms with van der Waals surface area (Å²) in [6.45, 7) is 3.22. The summed E-state index contributed by atoms with van der Waals surface area (Å²) in [5, 5.41) is 0. The van der Waals surface area contributed by atoms with E-state index in [2.05, 4.69) is 4.90 Å². The summed E-state index contributed by atoms with van der Waals surface area (Å²) in [7, 11) is -3.31. The van der Waals surface area contributed by atoms with Gasteiger partial charge in [-0.05, 0) is 50.9 Å². The van der Waals surface area contributed by atoms with Gasteiger partial charge in [0, 0.05) is 19.1 Å². The van der Waals surface area contributed by atoms with Gasteiger partial charge in [0.1, 0.15) is 6.04 Å². The lowest BCUT2D eigenvalue weighted by Gasteiger charge is -2.46. The molecule has 3 unspecified atom stereocenters. The first-order valence-corrected chi connectivity index (χ1v) is 11.5. The Morgan fingerprint density at radius 1 is 0.958 bits per heavy atom. The van der Waals surface area contributed by atoms with Gasteiger partial charge >= 0.3 is 0 Å². The van der Waals surface area contributed by atoms with Crippen molar-refractivity contribution in [3.63, 3.8) is 0 Å². The largest absolute Gasteiger partial charge is 0.338 e. The van der Waals surface area contributed by atoms with Crippen LogP contribution in [0.1, 0.15) is 71.1 Å². The number of carbonyl (C=O) groups excluding carboxylic acids is 1. The van der Waals surface area contributed by atoms with Gasteiger partial charge in [0.05, 0.1) is 5.75 Å². The first-order valence-electron chi connectivity index (χ1n) is 9.84. The molecule has 0 N–H and O–H groups in total. The highest BCUT2D eigenvalue weighted by Crippen LogP contribution is 2.36. The molecule has 0 radical (unpaired) electrons. The first-order chi connectivity index (χ1) is 11.5. The maximum Gasteiger partial charge on any atom is 0.241 e. The summed E-state index contributed by atoms with van der Waals surface area (Å²) in [4.78, 5) is 15.4. The van der Waals surface area contributed by atoms with E-state index in [1.807, 2.05) is 6.92 Å². The highest BCUT2D eigenvalue weighted by Gasteiger charge is 2.42. The third-order valence-electron chi connectivity index (χ3n) is 6.08. The Kier molecular flexibility index (Phi) is 5.85. The molecule has 3 atom stereocenters. The monoisotopic (exact) mass is 356 g/mol. The summed E-state index contributed by atoms with van der Waals surface area (Å²) in [6, 6.07) is -0.0892. The van der Waals surface area contributed by atoms with E-state index >= 15 is 0 Å². The molecule has 3 rings (SSSR count). The van der Waals surface area contributed by atoms with E-state index in [0.717, 1.165) is 32.2 Å². The minimum atomic E-state index is -3.31. The fourth-order valence-corrected chi connectivity index (χ4v) is 6.69. The summed E-state index contributed by atoms with van der Waals surface area (Å²) >= 11 is 0. The number of hydrogen-bond acceptors (Lipinski definition) is 3. The van der Waals surface area contributed by atoms with Gasteiger partial charge in [-0.15, -0.1) is 0 Å². The average molecular weight is 357 g/mol. The molecule has 1 aliphatic carbocycles. The van der Waals surface area contributed by atoms with Crippen LogP contribution in [-0.4, -0.2) is 54.5 Å². The lowest BCUT2D eigenvalue weighted by molar-refractivity contribution is -0.142. The van der Waals surface area contributed by atoms with E-state index in [9.17, 15) is 13.2 Å². The van der Waals surface area contributed by atoms with Gasteiger partial charge in [-0.1, -0.05) is 26.2 Å². The Balaban J connectivity index is 1.78. The normalized spacial score (nSPS) is 32.4. The SMILES string of the molecule is CCCS(=O)(=O)N1CCCCC1C(=O)N1CCCC2CCCCC21. The minimum absolute atomic E-state index is 0.0889. The van der Waals surface area contributed by atoms with Crippen molar-refractivity contribution in [2.24, 2.45) is 5.92 Å². The van der Waals surface area contributed by atoms with Crippen molar-refractivity contribution in [2.45, 2.75) is 83.2 Å². The molecule has 0 spiro atoms. The first kappa shape index (κ1) is 18.2. The molecule has 3 fully saturated rings. The van der Waals surface area contributed by atoms with E-state index in [1.54, 1.807) is 0 Å². The van der Waals surface area contributed by atoms with E-state index in [4.69, 9.17) is 0 Å². The number of hydrogen-bond donors (Lipinski definition) is 0. The van der Waals surface area contributed by atoms with Crippen molar-refractivity contribution < 1.29 is 13.2 Å². The topological polar surface area (TPSA) is 57.7 Å². The van der Waals surface area contributed by atoms with Crippen molar-refractivity contribution in [1.82, 2.24) is 9.21 Å². The Morgan fingerprint density at radius 2 is 1.67 bits per heavy atom. The molecule has 24 heavy (non-hydrogen) atoms. The van der Waals surface area contributed by atoms with Crippen molar-refractivity contribution in [1.29, 1.82) is 0 Å². The third kappa shape index (κ3) is 3.64. The van der Waals surface area contributed by atoms with Crippen molar-refractivity contribution in [2.75, 3.05) is 18.8 Å². The van der Waals surface area contributed by atoms with Crippen LogP contribution >= 0.6 is 0 Å². The molecule has 1 saturated carbocycles. The van der Waals surface area contributed by atoms with Gasteiger partial charge < -0.3 is 4.90 Å². The van der Waals surface area contributed by atoms with Gasteiger partial charge in [-0.2, -0.15) is 4.31 Å². The maximum atomic E-state index is 13.3. The zero-order valence-electron chi connectivity index (χ0n) is 15.0. The Hall–Kier alpha value is -0.620. The van der Waals surface area contributed by atoms with Crippen LogP contribution in [0, 0.1) is 5.92 Å². The number of likely N-dealkylation sites (tertiary alicyclic amines) is 1. The summed E-state index contributed by atoms with van der Waals surface area (Å²) in [5.74, 6) is 0.884. The Bertz CT molecular complexity index is 546. The number of sulfonamides is 1. The van der Waals surface area contributed by atoms with Crippen LogP contribution in [0.3, 0.4) is 0 Å². The number of amides is 1. The highest BCUT2D eigenvalue weighted by molar-refractivity contribution is 7.89. The van der Waals surface area contributed by atoms with Crippen LogP contribution in [0.2, 0.25) is 0 Å². The van der Waals surface area contributed by atoms with Crippen LogP contribution in [0.4, 0.5) is 0 Å². The van der Waals surface area contributed by atoms with E-state index < -0.39 is 16.1 Å². The van der Waals surface area contributed by atoms with E-state index in [0.29, 0.717) is 31.3 Å². The highest BCUT2D eigenvalue weighted by atomic mass is 32.2. The molecule has 1 amide bonds. The second-order valence-corrected chi connectivity index (χ2v) is 9.77. The zero-order chi connectivity index (χ0) is 17.2. The molecule has 0 aromatic rings. The van der Waals surface area contributed by atoms with Gasteiger partial charge in [-0.25, -0.2) is 8.42 Å². The van der Waals surface area contributed by atoms with Crippen LogP contribution in [0.25, 0.3) is 0 Å². The minimum Gasteiger partial charge on any atom is -0.338 e. The standard InChI is InChI=1S/C18H32N2O3S/c1-2-14-24(22,23)20-13-6-5-11-17(20)18(21)19-12-7-9-15-8-3-4-10-16(15)19/h15-17H,2-14H2,1H3. The molecule has 2 aliphatic heterocycles. The molecule has 2 heterocycles. The Morgan fingerprint density at radius 3 is 2.46 bits per heavy atom. The van der Waals surface area contributed by atoms with Gasteiger partial charge in [0.25, 0.3) is 0 Å². The molecule has 138 valence electrons. The lowest BCUT2D eigenvalue weighted by atomic mass is 9.78. The van der Waals surface area contributed by atoms with E-state index in [1.165, 1.54) is 30.0 Å². The van der Waals surface area contributed by atoms with E-state index in [-0.39, 0.29) is 11.7 Å². The van der Waals surface area contributed by atoms with Gasteiger partial charge in [0.2, 0.25) is 15.9 Å². The lowest BCUT2D eigenvalue weighted by Crippen LogP contribution is -2.58.